The van der Waals surface area contributed by atoms with Crippen molar-refractivity contribution >= 4 is 5.69 Å². The molecule has 0 radical (unpaired) electrons. The molecular formula is C17H16F3N. The number of halogens is 3. The summed E-state index contributed by atoms with van der Waals surface area (Å²) in [6.45, 7) is 2.94. The average molecular weight is 291 g/mol. The van der Waals surface area contributed by atoms with Crippen LogP contribution in [0.1, 0.15) is 29.7 Å². The van der Waals surface area contributed by atoms with Crippen molar-refractivity contribution in [2.45, 2.75) is 25.6 Å². The summed E-state index contributed by atoms with van der Waals surface area (Å²) in [4.78, 5) is 2.25. The Balaban J connectivity index is 1.85. The van der Waals surface area contributed by atoms with Crippen LogP contribution in [-0.2, 0) is 12.6 Å². The number of fused-ring (bicyclic) bond motifs is 1. The second kappa shape index (κ2) is 5.10. The Kier molecular flexibility index (Phi) is 3.40. The fraction of sp³-hybridized carbons (Fsp3) is 0.294. The van der Waals surface area contributed by atoms with Crippen LogP contribution in [0.25, 0.3) is 0 Å². The Morgan fingerprint density at radius 2 is 1.67 bits per heavy atom. The van der Waals surface area contributed by atoms with Crippen LogP contribution < -0.4 is 4.90 Å². The van der Waals surface area contributed by atoms with Gasteiger partial charge in [-0.1, -0.05) is 30.3 Å². The van der Waals surface area contributed by atoms with Crippen LogP contribution in [0.2, 0.25) is 0 Å². The molecule has 0 aromatic heterocycles. The lowest BCUT2D eigenvalue weighted by Gasteiger charge is -2.28. The molecule has 0 amide bonds. The highest BCUT2D eigenvalue weighted by Crippen LogP contribution is 2.36. The van der Waals surface area contributed by atoms with Crippen molar-refractivity contribution < 1.29 is 13.2 Å². The van der Waals surface area contributed by atoms with Gasteiger partial charge in [0.2, 0.25) is 0 Å². The minimum Gasteiger partial charge on any atom is -0.364 e. The minimum atomic E-state index is -4.28. The molecule has 21 heavy (non-hydrogen) atoms. The molecule has 0 bridgehead atoms. The second-order valence-electron chi connectivity index (χ2n) is 5.37. The highest BCUT2D eigenvalue weighted by molar-refractivity contribution is 5.59. The Hall–Kier alpha value is -1.97. The maximum absolute atomic E-state index is 12.6. The van der Waals surface area contributed by atoms with Crippen LogP contribution in [0, 0.1) is 0 Å². The molecule has 1 unspecified atom stereocenters. The van der Waals surface area contributed by atoms with Gasteiger partial charge in [-0.3, -0.25) is 0 Å². The van der Waals surface area contributed by atoms with E-state index in [0.29, 0.717) is 0 Å². The summed E-state index contributed by atoms with van der Waals surface area (Å²) in [5.41, 5.74) is 2.79. The first-order valence-corrected chi connectivity index (χ1v) is 6.98. The van der Waals surface area contributed by atoms with Gasteiger partial charge in [-0.2, -0.15) is 13.2 Å². The molecule has 2 aromatic rings. The Bertz CT molecular complexity index is 631. The maximum atomic E-state index is 12.6. The molecule has 110 valence electrons. The van der Waals surface area contributed by atoms with E-state index >= 15 is 0 Å². The summed E-state index contributed by atoms with van der Waals surface area (Å²) >= 11 is 0. The molecular weight excluding hydrogens is 275 g/mol. The number of hydrogen-bond acceptors (Lipinski definition) is 1. The highest BCUT2D eigenvalue weighted by atomic mass is 19.4. The van der Waals surface area contributed by atoms with Crippen molar-refractivity contribution in [1.29, 1.82) is 0 Å². The Morgan fingerprint density at radius 1 is 1.00 bits per heavy atom. The van der Waals surface area contributed by atoms with Crippen LogP contribution in [0.4, 0.5) is 18.9 Å². The molecule has 2 aromatic carbocycles. The first-order chi connectivity index (χ1) is 9.97. The van der Waals surface area contributed by atoms with E-state index in [-0.39, 0.29) is 6.04 Å². The molecule has 1 aliphatic rings. The average Bonchev–Trinajstić information content (AvgIpc) is 2.90. The Labute approximate surface area is 122 Å². The van der Waals surface area contributed by atoms with Gasteiger partial charge in [-0.25, -0.2) is 0 Å². The van der Waals surface area contributed by atoms with Crippen LogP contribution in [-0.4, -0.2) is 6.54 Å². The maximum Gasteiger partial charge on any atom is 0.416 e. The van der Waals surface area contributed by atoms with E-state index in [1.807, 2.05) is 19.1 Å². The predicted octanol–water partition coefficient (Wildman–Crippen LogP) is 4.83. The summed E-state index contributed by atoms with van der Waals surface area (Å²) in [6.07, 6.45) is -3.29. The molecule has 1 heterocycles. The number of hydrogen-bond donors (Lipinski definition) is 0. The van der Waals surface area contributed by atoms with E-state index < -0.39 is 11.7 Å². The third-order valence-electron chi connectivity index (χ3n) is 4.11. The Morgan fingerprint density at radius 3 is 2.33 bits per heavy atom. The highest BCUT2D eigenvalue weighted by Gasteiger charge is 2.30. The van der Waals surface area contributed by atoms with Gasteiger partial charge in [0.15, 0.2) is 0 Å². The minimum absolute atomic E-state index is 0.0657. The number of rotatable bonds is 2. The zero-order valence-corrected chi connectivity index (χ0v) is 11.7. The van der Waals surface area contributed by atoms with Crippen molar-refractivity contribution in [3.63, 3.8) is 0 Å². The second-order valence-corrected chi connectivity index (χ2v) is 5.37. The van der Waals surface area contributed by atoms with Crippen LogP contribution in [0.5, 0.6) is 0 Å². The van der Waals surface area contributed by atoms with Gasteiger partial charge in [0.25, 0.3) is 0 Å². The van der Waals surface area contributed by atoms with Gasteiger partial charge in [-0.05, 0) is 42.7 Å². The topological polar surface area (TPSA) is 3.24 Å². The van der Waals surface area contributed by atoms with Crippen LogP contribution >= 0.6 is 0 Å². The van der Waals surface area contributed by atoms with E-state index in [1.165, 1.54) is 11.3 Å². The summed E-state index contributed by atoms with van der Waals surface area (Å²) in [7, 11) is 0. The van der Waals surface area contributed by atoms with E-state index in [4.69, 9.17) is 0 Å². The van der Waals surface area contributed by atoms with E-state index in [9.17, 15) is 13.2 Å². The van der Waals surface area contributed by atoms with E-state index in [1.54, 1.807) is 12.1 Å². The quantitative estimate of drug-likeness (QED) is 0.766. The summed E-state index contributed by atoms with van der Waals surface area (Å²) in [5, 5.41) is 0. The smallest absolute Gasteiger partial charge is 0.364 e. The van der Waals surface area contributed by atoms with Crippen molar-refractivity contribution in [3.8, 4) is 0 Å². The summed E-state index contributed by atoms with van der Waals surface area (Å²) in [5.74, 6) is 0. The van der Waals surface area contributed by atoms with Gasteiger partial charge < -0.3 is 4.90 Å². The van der Waals surface area contributed by atoms with Crippen molar-refractivity contribution in [2.24, 2.45) is 0 Å². The molecule has 1 nitrogen and oxygen atoms in total. The van der Waals surface area contributed by atoms with Gasteiger partial charge in [-0.15, -0.1) is 0 Å². The van der Waals surface area contributed by atoms with Crippen molar-refractivity contribution in [1.82, 2.24) is 0 Å². The first kappa shape index (κ1) is 14.0. The lowest BCUT2D eigenvalue weighted by atomic mass is 10.0. The lowest BCUT2D eigenvalue weighted by Crippen LogP contribution is -2.24. The number of anilines is 1. The third kappa shape index (κ3) is 2.62. The van der Waals surface area contributed by atoms with Crippen molar-refractivity contribution in [3.05, 3.63) is 65.2 Å². The zero-order chi connectivity index (χ0) is 15.0. The SMILES string of the molecule is CC(c1ccc(C(F)(F)F)cc1)N1CCc2ccccc21. The summed E-state index contributed by atoms with van der Waals surface area (Å²) < 4.78 is 37.8. The zero-order valence-electron chi connectivity index (χ0n) is 11.7. The van der Waals surface area contributed by atoms with Gasteiger partial charge in [0.1, 0.15) is 0 Å². The van der Waals surface area contributed by atoms with E-state index in [2.05, 4.69) is 17.0 Å². The first-order valence-electron chi connectivity index (χ1n) is 6.98. The molecule has 4 heteroatoms. The van der Waals surface area contributed by atoms with Gasteiger partial charge >= 0.3 is 6.18 Å². The standard InChI is InChI=1S/C17H16F3N/c1-12(13-6-8-15(9-7-13)17(18,19)20)21-11-10-14-4-2-3-5-16(14)21/h2-9,12H,10-11H2,1H3. The van der Waals surface area contributed by atoms with E-state index in [0.717, 1.165) is 30.7 Å². The predicted molar refractivity (Wildman–Crippen MR) is 77.4 cm³/mol. The number of nitrogens with zero attached hydrogens (tertiary/aromatic N) is 1. The fourth-order valence-electron chi connectivity index (χ4n) is 2.90. The molecule has 0 N–H and O–H groups in total. The summed E-state index contributed by atoms with van der Waals surface area (Å²) in [6, 6.07) is 13.7. The molecule has 0 fully saturated rings. The molecule has 3 rings (SSSR count). The van der Waals surface area contributed by atoms with Crippen molar-refractivity contribution in [2.75, 3.05) is 11.4 Å². The molecule has 0 saturated heterocycles. The van der Waals surface area contributed by atoms with Crippen LogP contribution in [0.15, 0.2) is 48.5 Å². The number of alkyl halides is 3. The molecule has 0 saturated carbocycles. The fourth-order valence-corrected chi connectivity index (χ4v) is 2.90. The number of benzene rings is 2. The van der Waals surface area contributed by atoms with Crippen LogP contribution in [0.3, 0.4) is 0 Å². The molecule has 0 spiro atoms. The molecule has 1 aliphatic heterocycles. The molecule has 1 atom stereocenters. The van der Waals surface area contributed by atoms with Gasteiger partial charge in [0.05, 0.1) is 11.6 Å². The largest absolute Gasteiger partial charge is 0.416 e. The number of para-hydroxylation sites is 1. The lowest BCUT2D eigenvalue weighted by molar-refractivity contribution is -0.137. The monoisotopic (exact) mass is 291 g/mol. The normalized spacial score (nSPS) is 15.9. The third-order valence-corrected chi connectivity index (χ3v) is 4.11. The van der Waals surface area contributed by atoms with Gasteiger partial charge in [0, 0.05) is 12.2 Å². The molecule has 0 aliphatic carbocycles.